The first-order valence-electron chi connectivity index (χ1n) is 11.3. The third kappa shape index (κ3) is 3.69. The standard InChI is InChI=1S/C28H20N4O3S/c29-22-15-25-24(17-27(22)36(33,34)35)31-28-21-14-8-7-13-20(21)23(30-18-9-3-1-4-10-18)16-26(28)32(25)19-11-5-2-6-12-19/h1-17H,(H3,29,30,33,34,35)/p+1. The molecule has 0 radical (unpaired) electrons. The van der Waals surface area contributed by atoms with E-state index in [4.69, 9.17) is 10.7 Å². The van der Waals surface area contributed by atoms with Crippen LogP contribution in [0.4, 0.5) is 17.1 Å². The van der Waals surface area contributed by atoms with Crippen LogP contribution in [0.2, 0.25) is 0 Å². The zero-order valence-electron chi connectivity index (χ0n) is 19.0. The van der Waals surface area contributed by atoms with E-state index in [1.165, 1.54) is 12.1 Å². The predicted octanol–water partition coefficient (Wildman–Crippen LogP) is 5.39. The van der Waals surface area contributed by atoms with Gasteiger partial charge in [0.05, 0.1) is 11.4 Å². The van der Waals surface area contributed by atoms with Crippen molar-refractivity contribution in [2.24, 2.45) is 0 Å². The second-order valence-electron chi connectivity index (χ2n) is 8.47. The highest BCUT2D eigenvalue weighted by atomic mass is 32.2. The molecule has 0 atom stereocenters. The Balaban J connectivity index is 1.78. The van der Waals surface area contributed by atoms with E-state index >= 15 is 0 Å². The quantitative estimate of drug-likeness (QED) is 0.0999. The van der Waals surface area contributed by atoms with E-state index in [1.54, 1.807) is 0 Å². The molecule has 0 fully saturated rings. The summed E-state index contributed by atoms with van der Waals surface area (Å²) < 4.78 is 35.7. The fourth-order valence-corrected chi connectivity index (χ4v) is 5.20. The first kappa shape index (κ1) is 22.0. The molecule has 0 aliphatic carbocycles. The Morgan fingerprint density at radius 3 is 2.11 bits per heavy atom. The maximum atomic E-state index is 12.0. The number of nitrogens with zero attached hydrogens (tertiary/aromatic N) is 2. The molecular formula is C28H21N4O3S+. The lowest BCUT2D eigenvalue weighted by atomic mass is 10.0. The largest absolute Gasteiger partial charge is 0.397 e. The van der Waals surface area contributed by atoms with Gasteiger partial charge in [0.25, 0.3) is 10.1 Å². The van der Waals surface area contributed by atoms with Crippen LogP contribution in [0.3, 0.4) is 0 Å². The van der Waals surface area contributed by atoms with Crippen LogP contribution in [0, 0.1) is 0 Å². The van der Waals surface area contributed by atoms with Crippen LogP contribution in [0.15, 0.2) is 108 Å². The molecule has 0 saturated carbocycles. The molecule has 36 heavy (non-hydrogen) atoms. The minimum Gasteiger partial charge on any atom is -0.397 e. The first-order chi connectivity index (χ1) is 17.4. The molecule has 0 bridgehead atoms. The van der Waals surface area contributed by atoms with Crippen molar-refractivity contribution in [3.8, 4) is 5.69 Å². The molecule has 0 saturated heterocycles. The van der Waals surface area contributed by atoms with Gasteiger partial charge in [-0.25, -0.2) is 4.98 Å². The molecule has 1 aromatic heterocycles. The van der Waals surface area contributed by atoms with Gasteiger partial charge in [-0.05, 0) is 18.2 Å². The Morgan fingerprint density at radius 1 is 0.778 bits per heavy atom. The summed E-state index contributed by atoms with van der Waals surface area (Å²) in [5.41, 5.74) is 11.2. The summed E-state index contributed by atoms with van der Waals surface area (Å²) in [6, 6.07) is 32.4. The number of hydrogen-bond donors (Lipinski definition) is 3. The molecule has 0 unspecified atom stereocenters. The Hall–Kier alpha value is -4.53. The van der Waals surface area contributed by atoms with E-state index in [1.807, 2.05) is 95.6 Å². The highest BCUT2D eigenvalue weighted by Crippen LogP contribution is 2.34. The number of hydrogen-bond acceptors (Lipinski definition) is 5. The Bertz CT molecular complexity index is 1890. The van der Waals surface area contributed by atoms with Crippen molar-refractivity contribution in [3.63, 3.8) is 0 Å². The van der Waals surface area contributed by atoms with Gasteiger partial charge in [0, 0.05) is 40.7 Å². The SMILES string of the molecule is Nc1cc2c(cc1S(=O)(=O)O)nc1c3ccccc3c(Nc3ccccc3)cc1[n+]2-c1ccccc1. The summed E-state index contributed by atoms with van der Waals surface area (Å²) in [7, 11) is -4.52. The van der Waals surface area contributed by atoms with E-state index in [0.29, 0.717) is 16.6 Å². The molecule has 6 aromatic rings. The van der Waals surface area contributed by atoms with E-state index in [-0.39, 0.29) is 10.6 Å². The van der Waals surface area contributed by atoms with Crippen molar-refractivity contribution in [3.05, 3.63) is 103 Å². The zero-order chi connectivity index (χ0) is 24.9. The summed E-state index contributed by atoms with van der Waals surface area (Å²) in [6.07, 6.45) is 0. The summed E-state index contributed by atoms with van der Waals surface area (Å²) >= 11 is 0. The fraction of sp³-hybridized carbons (Fsp3) is 0. The lowest BCUT2D eigenvalue weighted by Crippen LogP contribution is -2.33. The van der Waals surface area contributed by atoms with Crippen LogP contribution in [-0.2, 0) is 10.1 Å². The van der Waals surface area contributed by atoms with Crippen molar-refractivity contribution >= 4 is 60.0 Å². The van der Waals surface area contributed by atoms with Gasteiger partial charge in [-0.1, -0.05) is 60.7 Å². The van der Waals surface area contributed by atoms with Gasteiger partial charge in [-0.2, -0.15) is 8.42 Å². The summed E-state index contributed by atoms with van der Waals surface area (Å²) in [6.45, 7) is 0. The minimum absolute atomic E-state index is 0.0562. The van der Waals surface area contributed by atoms with E-state index in [9.17, 15) is 13.0 Å². The summed E-state index contributed by atoms with van der Waals surface area (Å²) in [4.78, 5) is 4.51. The Kier molecular flexibility index (Phi) is 5.06. The van der Waals surface area contributed by atoms with Gasteiger partial charge < -0.3 is 11.1 Å². The van der Waals surface area contributed by atoms with Crippen LogP contribution in [-0.4, -0.2) is 18.0 Å². The van der Waals surface area contributed by atoms with Crippen molar-refractivity contribution in [1.29, 1.82) is 0 Å². The van der Waals surface area contributed by atoms with Gasteiger partial charge in [0.1, 0.15) is 15.9 Å². The van der Waals surface area contributed by atoms with Crippen molar-refractivity contribution < 1.29 is 17.5 Å². The minimum atomic E-state index is -4.52. The molecule has 5 aromatic carbocycles. The number of benzene rings is 5. The Labute approximate surface area is 207 Å². The number of nitrogens with two attached hydrogens (primary N) is 1. The fourth-order valence-electron chi connectivity index (χ4n) is 4.58. The molecule has 8 heteroatoms. The lowest BCUT2D eigenvalue weighted by molar-refractivity contribution is -0.538. The third-order valence-electron chi connectivity index (χ3n) is 6.16. The van der Waals surface area contributed by atoms with Crippen LogP contribution in [0.25, 0.3) is 38.5 Å². The second kappa shape index (κ2) is 8.30. The van der Waals surface area contributed by atoms with Crippen LogP contribution >= 0.6 is 0 Å². The molecule has 0 aliphatic rings. The maximum absolute atomic E-state index is 12.0. The summed E-state index contributed by atoms with van der Waals surface area (Å²) in [5.74, 6) is 0. The molecule has 7 nitrogen and oxygen atoms in total. The van der Waals surface area contributed by atoms with Crippen LogP contribution in [0.1, 0.15) is 0 Å². The third-order valence-corrected chi connectivity index (χ3v) is 7.07. The average Bonchev–Trinajstić information content (AvgIpc) is 2.88. The molecule has 6 rings (SSSR count). The first-order valence-corrected chi connectivity index (χ1v) is 12.7. The number of fused-ring (bicyclic) bond motifs is 4. The average molecular weight is 494 g/mol. The molecule has 1 heterocycles. The van der Waals surface area contributed by atoms with E-state index in [0.717, 1.165) is 33.4 Å². The molecule has 4 N–H and O–H groups in total. The molecule has 0 aliphatic heterocycles. The number of rotatable bonds is 4. The summed E-state index contributed by atoms with van der Waals surface area (Å²) in [5, 5.41) is 5.39. The van der Waals surface area contributed by atoms with Crippen LogP contribution in [0.5, 0.6) is 0 Å². The smallest absolute Gasteiger partial charge is 0.296 e. The molecular weight excluding hydrogens is 472 g/mol. The lowest BCUT2D eigenvalue weighted by Gasteiger charge is -2.13. The number of nitrogens with one attached hydrogen (secondary N) is 1. The predicted molar refractivity (Wildman–Crippen MR) is 142 cm³/mol. The van der Waals surface area contributed by atoms with Gasteiger partial charge in [0.15, 0.2) is 0 Å². The monoisotopic (exact) mass is 493 g/mol. The van der Waals surface area contributed by atoms with Gasteiger partial charge in [-0.15, -0.1) is 4.57 Å². The molecule has 0 amide bonds. The van der Waals surface area contributed by atoms with Crippen molar-refractivity contribution in [1.82, 2.24) is 4.98 Å². The highest BCUT2D eigenvalue weighted by Gasteiger charge is 2.26. The molecule has 0 spiro atoms. The van der Waals surface area contributed by atoms with E-state index < -0.39 is 10.1 Å². The number of aromatic nitrogens is 2. The number of nitrogen functional groups attached to an aromatic ring is 1. The topological polar surface area (TPSA) is 109 Å². The van der Waals surface area contributed by atoms with E-state index in [2.05, 4.69) is 5.32 Å². The second-order valence-corrected chi connectivity index (χ2v) is 9.86. The number of anilines is 3. The number of para-hydroxylation sites is 2. The maximum Gasteiger partial charge on any atom is 0.296 e. The van der Waals surface area contributed by atoms with Crippen molar-refractivity contribution in [2.45, 2.75) is 4.90 Å². The van der Waals surface area contributed by atoms with Gasteiger partial charge >= 0.3 is 0 Å². The normalized spacial score (nSPS) is 11.8. The van der Waals surface area contributed by atoms with Crippen LogP contribution < -0.4 is 15.6 Å². The van der Waals surface area contributed by atoms with Crippen molar-refractivity contribution in [2.75, 3.05) is 11.1 Å². The van der Waals surface area contributed by atoms with Gasteiger partial charge in [0.2, 0.25) is 16.7 Å². The highest BCUT2D eigenvalue weighted by molar-refractivity contribution is 7.86. The van der Waals surface area contributed by atoms with Gasteiger partial charge in [-0.3, -0.25) is 4.55 Å². The zero-order valence-corrected chi connectivity index (χ0v) is 19.8. The Morgan fingerprint density at radius 2 is 1.42 bits per heavy atom. The molecule has 176 valence electrons.